The minimum atomic E-state index is -0.364. The van der Waals surface area contributed by atoms with Gasteiger partial charge in [-0.25, -0.2) is 4.39 Å². The molecule has 0 unspecified atom stereocenters. The molecular formula is C6H7BrClFN2. The van der Waals surface area contributed by atoms with Crippen molar-refractivity contribution in [3.63, 3.8) is 0 Å². The van der Waals surface area contributed by atoms with Gasteiger partial charge in [-0.1, -0.05) is 0 Å². The molecule has 0 aliphatic carbocycles. The van der Waals surface area contributed by atoms with Crippen molar-refractivity contribution >= 4 is 28.3 Å². The second-order valence-electron chi connectivity index (χ2n) is 1.79. The van der Waals surface area contributed by atoms with E-state index in [1.807, 2.05) is 0 Å². The van der Waals surface area contributed by atoms with Crippen molar-refractivity contribution in [1.82, 2.24) is 4.98 Å². The highest BCUT2D eigenvalue weighted by Crippen LogP contribution is 2.11. The standard InChI is InChI=1S/C6H6BrFN2.ClH/c7-4-1-5(8)6(2-9)10-3-4;/h1,3H,2,9H2;1H. The quantitative estimate of drug-likeness (QED) is 0.815. The van der Waals surface area contributed by atoms with E-state index < -0.39 is 0 Å². The fourth-order valence-electron chi connectivity index (χ4n) is 0.593. The molecule has 0 spiro atoms. The largest absolute Gasteiger partial charge is 0.325 e. The summed E-state index contributed by atoms with van der Waals surface area (Å²) in [6.07, 6.45) is 1.52. The van der Waals surface area contributed by atoms with Crippen molar-refractivity contribution in [2.24, 2.45) is 5.73 Å². The van der Waals surface area contributed by atoms with Crippen LogP contribution >= 0.6 is 28.3 Å². The Hall–Kier alpha value is -0.190. The van der Waals surface area contributed by atoms with Crippen LogP contribution in [0.4, 0.5) is 4.39 Å². The summed E-state index contributed by atoms with van der Waals surface area (Å²) >= 11 is 3.08. The zero-order valence-corrected chi connectivity index (χ0v) is 7.95. The summed E-state index contributed by atoms with van der Waals surface area (Å²) in [5.74, 6) is -0.364. The smallest absolute Gasteiger partial charge is 0.147 e. The highest BCUT2D eigenvalue weighted by atomic mass is 79.9. The molecule has 0 amide bonds. The van der Waals surface area contributed by atoms with Gasteiger partial charge in [0.25, 0.3) is 0 Å². The predicted octanol–water partition coefficient (Wildman–Crippen LogP) is 1.86. The van der Waals surface area contributed by atoms with Crippen LogP contribution in [0.2, 0.25) is 0 Å². The molecule has 2 N–H and O–H groups in total. The average Bonchev–Trinajstić information content (AvgIpc) is 1.88. The van der Waals surface area contributed by atoms with Crippen molar-refractivity contribution in [2.75, 3.05) is 0 Å². The Balaban J connectivity index is 0.000001000. The molecule has 2 nitrogen and oxygen atoms in total. The van der Waals surface area contributed by atoms with Crippen LogP contribution in [0.1, 0.15) is 5.69 Å². The first kappa shape index (κ1) is 10.8. The Morgan fingerprint density at radius 2 is 2.27 bits per heavy atom. The molecule has 0 radical (unpaired) electrons. The molecule has 0 fully saturated rings. The van der Waals surface area contributed by atoms with Crippen LogP contribution in [0.3, 0.4) is 0 Å². The van der Waals surface area contributed by atoms with Gasteiger partial charge in [-0.3, -0.25) is 4.98 Å². The molecule has 11 heavy (non-hydrogen) atoms. The first-order valence-electron chi connectivity index (χ1n) is 2.74. The lowest BCUT2D eigenvalue weighted by molar-refractivity contribution is 0.598. The maximum atomic E-state index is 12.7. The molecular weight excluding hydrogens is 234 g/mol. The van der Waals surface area contributed by atoms with Crippen LogP contribution in [0, 0.1) is 5.82 Å². The topological polar surface area (TPSA) is 38.9 Å². The first-order chi connectivity index (χ1) is 4.74. The van der Waals surface area contributed by atoms with E-state index in [1.165, 1.54) is 12.3 Å². The summed E-state index contributed by atoms with van der Waals surface area (Å²) < 4.78 is 13.3. The van der Waals surface area contributed by atoms with Crippen molar-refractivity contribution < 1.29 is 4.39 Å². The third-order valence-corrected chi connectivity index (χ3v) is 1.51. The number of hydrogen-bond donors (Lipinski definition) is 1. The highest BCUT2D eigenvalue weighted by Gasteiger charge is 2.00. The number of nitrogens with two attached hydrogens (primary N) is 1. The molecule has 1 aromatic rings. The van der Waals surface area contributed by atoms with Gasteiger partial charge in [0, 0.05) is 17.2 Å². The molecule has 0 atom stereocenters. The summed E-state index contributed by atoms with van der Waals surface area (Å²) in [7, 11) is 0. The lowest BCUT2D eigenvalue weighted by Gasteiger charge is -1.96. The van der Waals surface area contributed by atoms with E-state index in [2.05, 4.69) is 20.9 Å². The molecule has 0 saturated heterocycles. The Morgan fingerprint density at radius 3 is 2.73 bits per heavy atom. The van der Waals surface area contributed by atoms with E-state index in [1.54, 1.807) is 0 Å². The average molecular weight is 241 g/mol. The first-order valence-corrected chi connectivity index (χ1v) is 3.53. The van der Waals surface area contributed by atoms with E-state index in [0.717, 1.165) is 0 Å². The zero-order valence-electron chi connectivity index (χ0n) is 5.55. The summed E-state index contributed by atoms with van der Waals surface area (Å²) in [4.78, 5) is 3.75. The van der Waals surface area contributed by atoms with Crippen molar-refractivity contribution in [3.05, 3.63) is 28.2 Å². The van der Waals surface area contributed by atoms with Gasteiger partial charge in [-0.2, -0.15) is 0 Å². The fraction of sp³-hybridized carbons (Fsp3) is 0.167. The molecule has 1 aromatic heterocycles. The molecule has 0 aromatic carbocycles. The van der Waals surface area contributed by atoms with Gasteiger partial charge in [0.2, 0.25) is 0 Å². The van der Waals surface area contributed by atoms with Gasteiger partial charge in [0.1, 0.15) is 5.82 Å². The Kier molecular flexibility index (Phi) is 4.56. The second-order valence-corrected chi connectivity index (χ2v) is 2.70. The third-order valence-electron chi connectivity index (χ3n) is 1.08. The van der Waals surface area contributed by atoms with Gasteiger partial charge in [0.15, 0.2) is 0 Å². The van der Waals surface area contributed by atoms with E-state index in [-0.39, 0.29) is 24.8 Å². The molecule has 0 aliphatic heterocycles. The maximum Gasteiger partial charge on any atom is 0.147 e. The monoisotopic (exact) mass is 240 g/mol. The highest BCUT2D eigenvalue weighted by molar-refractivity contribution is 9.10. The number of pyridine rings is 1. The van der Waals surface area contributed by atoms with E-state index in [9.17, 15) is 4.39 Å². The van der Waals surface area contributed by atoms with Gasteiger partial charge < -0.3 is 5.73 Å². The third kappa shape index (κ3) is 2.73. The summed E-state index contributed by atoms with van der Waals surface area (Å²) in [5.41, 5.74) is 5.48. The van der Waals surface area contributed by atoms with Crippen LogP contribution < -0.4 is 5.73 Å². The minimum Gasteiger partial charge on any atom is -0.325 e. The van der Waals surface area contributed by atoms with Crippen molar-refractivity contribution in [1.29, 1.82) is 0 Å². The normalized spacial score (nSPS) is 9.00. The molecule has 5 heteroatoms. The number of rotatable bonds is 1. The predicted molar refractivity (Wildman–Crippen MR) is 47.0 cm³/mol. The van der Waals surface area contributed by atoms with Crippen LogP contribution in [0.15, 0.2) is 16.7 Å². The van der Waals surface area contributed by atoms with Crippen LogP contribution in [0.25, 0.3) is 0 Å². The molecule has 0 bridgehead atoms. The lowest BCUT2D eigenvalue weighted by atomic mass is 10.3. The van der Waals surface area contributed by atoms with Crippen LogP contribution in [0.5, 0.6) is 0 Å². The Labute approximate surface area is 78.5 Å². The lowest BCUT2D eigenvalue weighted by Crippen LogP contribution is -2.02. The van der Waals surface area contributed by atoms with E-state index in [4.69, 9.17) is 5.73 Å². The van der Waals surface area contributed by atoms with Crippen LogP contribution in [-0.4, -0.2) is 4.98 Å². The minimum absolute atomic E-state index is 0. The molecule has 1 rings (SSSR count). The van der Waals surface area contributed by atoms with Crippen molar-refractivity contribution in [3.8, 4) is 0 Å². The second kappa shape index (κ2) is 4.64. The van der Waals surface area contributed by atoms with Crippen LogP contribution in [-0.2, 0) is 6.54 Å². The number of hydrogen-bond acceptors (Lipinski definition) is 2. The molecule has 0 saturated carbocycles. The molecule has 0 aliphatic rings. The molecule has 1 heterocycles. The van der Waals surface area contributed by atoms with Gasteiger partial charge in [-0.05, 0) is 22.0 Å². The summed E-state index contributed by atoms with van der Waals surface area (Å²) in [6.45, 7) is 0.138. The van der Waals surface area contributed by atoms with E-state index >= 15 is 0 Å². The molecule has 62 valence electrons. The maximum absolute atomic E-state index is 12.7. The van der Waals surface area contributed by atoms with Gasteiger partial charge in [0.05, 0.1) is 5.69 Å². The zero-order chi connectivity index (χ0) is 7.56. The number of nitrogens with zero attached hydrogens (tertiary/aromatic N) is 1. The number of aromatic nitrogens is 1. The summed E-state index contributed by atoms with van der Waals surface area (Å²) in [6, 6.07) is 1.34. The van der Waals surface area contributed by atoms with Crippen molar-refractivity contribution in [2.45, 2.75) is 6.54 Å². The van der Waals surface area contributed by atoms with E-state index in [0.29, 0.717) is 10.2 Å². The number of halogens is 3. The fourth-order valence-corrected chi connectivity index (χ4v) is 0.896. The summed E-state index contributed by atoms with van der Waals surface area (Å²) in [5, 5.41) is 0. The van der Waals surface area contributed by atoms with Gasteiger partial charge in [-0.15, -0.1) is 12.4 Å². The Morgan fingerprint density at radius 1 is 1.64 bits per heavy atom. The van der Waals surface area contributed by atoms with Gasteiger partial charge >= 0.3 is 0 Å². The SMILES string of the molecule is Cl.NCc1ncc(Br)cc1F. The Bertz CT molecular complexity index is 244.